The summed E-state index contributed by atoms with van der Waals surface area (Å²) in [4.78, 5) is 33.0. The van der Waals surface area contributed by atoms with Gasteiger partial charge in [0.05, 0.1) is 8.07 Å². The third-order valence-electron chi connectivity index (χ3n) is 4.45. The molecule has 0 amide bonds. The van der Waals surface area contributed by atoms with Crippen LogP contribution in [0, 0.1) is 0 Å². The number of hydrogen-bond acceptors (Lipinski definition) is 4. The van der Waals surface area contributed by atoms with E-state index in [4.69, 9.17) is 0 Å². The molecule has 0 unspecified atom stereocenters. The van der Waals surface area contributed by atoms with Crippen molar-refractivity contribution in [1.29, 1.82) is 0 Å². The molecule has 0 radical (unpaired) electrons. The molecule has 0 aromatic carbocycles. The van der Waals surface area contributed by atoms with E-state index in [1.54, 1.807) is 0 Å². The Morgan fingerprint density at radius 1 is 0.697 bits per heavy atom. The van der Waals surface area contributed by atoms with E-state index in [9.17, 15) is 19.5 Å². The number of Topliss-reactive ketones (excluding diaryl/α,β-unsaturated/α-hetero) is 3. The van der Waals surface area contributed by atoms with Crippen LogP contribution in [0.15, 0.2) is 13.2 Å². The van der Waals surface area contributed by atoms with E-state index in [0.717, 1.165) is 0 Å². The summed E-state index contributed by atoms with van der Waals surface area (Å²) in [7, 11) is -4.79. The molecule has 200 valence electrons. The summed E-state index contributed by atoms with van der Waals surface area (Å²) in [5, 5.41) is 10.5. The van der Waals surface area contributed by atoms with E-state index in [-0.39, 0.29) is 18.8 Å². The zero-order valence-electron chi connectivity index (χ0n) is 24.9. The Morgan fingerprint density at radius 3 is 1.06 bits per heavy atom. The Hall–Kier alpha value is -0.422. The fourth-order valence-corrected chi connectivity index (χ4v) is 8.39. The van der Waals surface area contributed by atoms with E-state index in [0.29, 0.717) is 18.1 Å². The van der Waals surface area contributed by atoms with E-state index in [2.05, 4.69) is 98.6 Å². The minimum Gasteiger partial charge on any atom is -0.383 e. The number of rotatable bonds is 9. The van der Waals surface area contributed by atoms with Crippen LogP contribution < -0.4 is 0 Å². The molecule has 4 nitrogen and oxygen atoms in total. The predicted octanol–water partition coefficient (Wildman–Crippen LogP) is 7.86. The highest BCUT2D eigenvalue weighted by Crippen LogP contribution is 2.30. The SMILES string of the molecule is C=C.CC(=O)C(=O)C[Si](C)(C)C.CC(=O)C(O)(C[Si](C)(C)C)C[Si](C)(C)C.CC[Si](C)(C)C.[2HH]. The van der Waals surface area contributed by atoms with Crippen LogP contribution in [-0.2, 0) is 14.4 Å². The monoisotopic (exact) mass is 537 g/mol. The van der Waals surface area contributed by atoms with Gasteiger partial charge in [-0.2, -0.15) is 0 Å². The van der Waals surface area contributed by atoms with E-state index in [1.165, 1.54) is 19.9 Å². The molecule has 0 aliphatic carbocycles. The molecule has 0 fully saturated rings. The van der Waals surface area contributed by atoms with Crippen molar-refractivity contribution < 1.29 is 20.9 Å². The summed E-state index contributed by atoms with van der Waals surface area (Å²) < 4.78 is 0. The standard InChI is InChI=1S/C11H26O2Si2.C7H14O2Si.C5H14Si.C2H4.H2/c1-10(12)11(13,8-14(2,3)4)9-15(5,6)7;1-6(8)7(9)5-10(2,3)4;1-5-6(2,3)4;1-2;/h13H,8-9H2,1-7H3;5H2,1-4H3;5H2,1-4H3;1-2H2;1H/i;;;;1+1. The Morgan fingerprint density at radius 2 is 0.970 bits per heavy atom. The van der Waals surface area contributed by atoms with Crippen molar-refractivity contribution in [3.63, 3.8) is 0 Å². The molecule has 0 atom stereocenters. The van der Waals surface area contributed by atoms with Crippen LogP contribution in [0.1, 0.15) is 22.2 Å². The van der Waals surface area contributed by atoms with Gasteiger partial charge < -0.3 is 5.11 Å². The van der Waals surface area contributed by atoms with Gasteiger partial charge in [0.15, 0.2) is 17.3 Å². The van der Waals surface area contributed by atoms with E-state index in [1.807, 2.05) is 0 Å². The normalized spacial score (nSPS) is 12.1. The minimum atomic E-state index is -1.40. The maximum Gasteiger partial charge on any atom is 0.195 e. The van der Waals surface area contributed by atoms with Gasteiger partial charge >= 0.3 is 0 Å². The van der Waals surface area contributed by atoms with Gasteiger partial charge in [0.1, 0.15) is 5.60 Å². The molecule has 0 aromatic heterocycles. The highest BCUT2D eigenvalue weighted by molar-refractivity contribution is 6.81. The molecule has 33 heavy (non-hydrogen) atoms. The molecule has 0 saturated carbocycles. The van der Waals surface area contributed by atoms with Crippen molar-refractivity contribution >= 4 is 49.6 Å². The molecule has 0 saturated heterocycles. The quantitative estimate of drug-likeness (QED) is 0.184. The van der Waals surface area contributed by atoms with E-state index >= 15 is 0 Å². The van der Waals surface area contributed by atoms with Gasteiger partial charge in [-0.15, -0.1) is 13.2 Å². The van der Waals surface area contributed by atoms with Gasteiger partial charge in [-0.3, -0.25) is 14.4 Å². The molecule has 0 heterocycles. The maximum absolute atomic E-state index is 11.6. The predicted molar refractivity (Wildman–Crippen MR) is 163 cm³/mol. The first-order chi connectivity index (χ1) is 14.2. The van der Waals surface area contributed by atoms with Gasteiger partial charge in [-0.1, -0.05) is 91.5 Å². The number of carbonyl (C=O) groups excluding carboxylic acids is 3. The summed E-state index contributed by atoms with van der Waals surface area (Å²) in [6.07, 6.45) is 0. The van der Waals surface area contributed by atoms with Gasteiger partial charge in [0.25, 0.3) is 0 Å². The number of aliphatic hydroxyl groups is 1. The molecule has 0 aliphatic heterocycles. The van der Waals surface area contributed by atoms with Gasteiger partial charge in [0.2, 0.25) is 0 Å². The second kappa shape index (κ2) is 16.3. The third kappa shape index (κ3) is 31.6. The van der Waals surface area contributed by atoms with Crippen LogP contribution >= 0.6 is 0 Å². The van der Waals surface area contributed by atoms with Crippen LogP contribution in [0.25, 0.3) is 0 Å². The molecular formula is C25H60O4Si4. The molecule has 8 heteroatoms. The van der Waals surface area contributed by atoms with Crippen molar-refractivity contribution in [3.05, 3.63) is 13.2 Å². The zero-order chi connectivity index (χ0) is 28.1. The molecule has 0 spiro atoms. The van der Waals surface area contributed by atoms with Crippen molar-refractivity contribution in [3.8, 4) is 0 Å². The number of hydrogen-bond donors (Lipinski definition) is 1. The summed E-state index contributed by atoms with van der Waals surface area (Å²) >= 11 is 0. The highest BCUT2D eigenvalue weighted by Gasteiger charge is 2.40. The van der Waals surface area contributed by atoms with Crippen molar-refractivity contribution in [2.75, 3.05) is 0 Å². The van der Waals surface area contributed by atoms with Crippen molar-refractivity contribution in [1.82, 2.24) is 0 Å². The van der Waals surface area contributed by atoms with Gasteiger partial charge in [0, 0.05) is 38.6 Å². The first-order valence-corrected chi connectivity index (χ1v) is 26.8. The maximum atomic E-state index is 11.6. The zero-order valence-corrected chi connectivity index (χ0v) is 28.9. The smallest absolute Gasteiger partial charge is 0.195 e. The molecular weight excluding hydrogens is 477 g/mol. The fraction of sp³-hybridized carbons (Fsp3) is 0.800. The number of ketones is 3. The lowest BCUT2D eigenvalue weighted by atomic mass is 10.1. The van der Waals surface area contributed by atoms with Crippen LogP contribution in [-0.4, -0.2) is 60.4 Å². The van der Waals surface area contributed by atoms with Crippen LogP contribution in [0.3, 0.4) is 0 Å². The molecule has 0 rings (SSSR count). The average molecular weight is 538 g/mol. The number of carbonyl (C=O) groups is 3. The molecule has 0 aliphatic rings. The average Bonchev–Trinajstić information content (AvgIpc) is 2.52. The Balaban J connectivity index is -0.000000128. The first kappa shape index (κ1) is 39.8. The third-order valence-corrected chi connectivity index (χ3v) is 11.2. The van der Waals surface area contributed by atoms with Crippen molar-refractivity contribution in [2.24, 2.45) is 0 Å². The molecule has 0 bridgehead atoms. The summed E-state index contributed by atoms with van der Waals surface area (Å²) in [6.45, 7) is 37.7. The molecule has 1 N–H and O–H groups in total. The van der Waals surface area contributed by atoms with Crippen LogP contribution in [0.2, 0.25) is 103 Å². The second-order valence-corrected chi connectivity index (χ2v) is 35.9. The topological polar surface area (TPSA) is 71.4 Å². The Bertz CT molecular complexity index is 580. The lowest BCUT2D eigenvalue weighted by molar-refractivity contribution is -0.134. The largest absolute Gasteiger partial charge is 0.383 e. The van der Waals surface area contributed by atoms with Crippen LogP contribution in [0.4, 0.5) is 0 Å². The lowest BCUT2D eigenvalue weighted by Gasteiger charge is -2.35. The minimum absolute atomic E-state index is 0. The summed E-state index contributed by atoms with van der Waals surface area (Å²) in [5.41, 5.74) is -1.05. The Labute approximate surface area is 212 Å². The van der Waals surface area contributed by atoms with Crippen molar-refractivity contribution in [2.45, 2.75) is 129 Å². The highest BCUT2D eigenvalue weighted by atomic mass is 28.3. The van der Waals surface area contributed by atoms with E-state index < -0.39 is 37.9 Å². The second-order valence-electron chi connectivity index (χ2n) is 13.7. The van der Waals surface area contributed by atoms with Gasteiger partial charge in [-0.05, 0) is 19.0 Å². The lowest BCUT2D eigenvalue weighted by Crippen LogP contribution is -2.48. The summed E-state index contributed by atoms with van der Waals surface area (Å²) in [6, 6.07) is 3.29. The van der Waals surface area contributed by atoms with Crippen LogP contribution in [0.5, 0.6) is 0 Å². The molecule has 0 aromatic rings. The summed E-state index contributed by atoms with van der Waals surface area (Å²) in [5.74, 6) is -0.561. The Kier molecular flexibility index (Phi) is 19.6. The van der Waals surface area contributed by atoms with Gasteiger partial charge in [-0.25, -0.2) is 0 Å². The fourth-order valence-electron chi connectivity index (χ4n) is 2.67. The first-order valence-electron chi connectivity index (χ1n) is 12.0.